The summed E-state index contributed by atoms with van der Waals surface area (Å²) in [5.41, 5.74) is 0.361. The highest BCUT2D eigenvalue weighted by molar-refractivity contribution is 7.89. The second kappa shape index (κ2) is 4.89. The zero-order chi connectivity index (χ0) is 12.2. The fourth-order valence-electron chi connectivity index (χ4n) is 1.08. The minimum Gasteiger partial charge on any atom is -0.294 e. The number of sulfonamides is 1. The van der Waals surface area contributed by atoms with Crippen molar-refractivity contribution in [2.24, 2.45) is 0 Å². The fourth-order valence-corrected chi connectivity index (χ4v) is 1.52. The number of Topliss-reactive ketones (excluding diaryl/α,β-unsaturated/α-hetero) is 1. The number of amides is 1. The quantitative estimate of drug-likeness (QED) is 0.561. The summed E-state index contributed by atoms with van der Waals surface area (Å²) in [4.78, 5) is 22.5. The van der Waals surface area contributed by atoms with E-state index < -0.39 is 28.1 Å². The molecule has 1 rings (SSSR count). The summed E-state index contributed by atoms with van der Waals surface area (Å²) >= 11 is 0. The van der Waals surface area contributed by atoms with Crippen LogP contribution in [0.25, 0.3) is 0 Å². The molecular formula is C10H10NO4S. The number of rotatable bonds is 4. The summed E-state index contributed by atoms with van der Waals surface area (Å²) in [6.07, 6.45) is 0.273. The minimum absolute atomic E-state index is 0.361. The Kier molecular flexibility index (Phi) is 3.78. The van der Waals surface area contributed by atoms with Crippen LogP contribution in [0.4, 0.5) is 0 Å². The van der Waals surface area contributed by atoms with E-state index >= 15 is 0 Å². The van der Waals surface area contributed by atoms with Gasteiger partial charge in [-0.1, -0.05) is 30.3 Å². The molecule has 0 heterocycles. The third kappa shape index (κ3) is 4.22. The molecule has 6 heteroatoms. The van der Waals surface area contributed by atoms with E-state index in [0.29, 0.717) is 5.56 Å². The SMILES string of the molecule is CS(=O)(=O)[N]C(=O)CC(=O)c1ccccc1. The van der Waals surface area contributed by atoms with Crippen LogP contribution in [-0.2, 0) is 14.8 Å². The summed E-state index contributed by atoms with van der Waals surface area (Å²) in [5.74, 6) is -1.39. The van der Waals surface area contributed by atoms with Crippen LogP contribution in [0.5, 0.6) is 0 Å². The molecule has 0 aliphatic carbocycles. The predicted molar refractivity (Wildman–Crippen MR) is 57.4 cm³/mol. The van der Waals surface area contributed by atoms with E-state index in [2.05, 4.69) is 4.72 Å². The third-order valence-corrected chi connectivity index (χ3v) is 2.21. The second-order valence-corrected chi connectivity index (χ2v) is 4.83. The van der Waals surface area contributed by atoms with Gasteiger partial charge in [-0.15, -0.1) is 4.72 Å². The van der Waals surface area contributed by atoms with Gasteiger partial charge < -0.3 is 0 Å². The molecule has 0 saturated carbocycles. The van der Waals surface area contributed by atoms with Gasteiger partial charge in [-0.3, -0.25) is 9.59 Å². The van der Waals surface area contributed by atoms with Crippen molar-refractivity contribution in [2.45, 2.75) is 6.42 Å². The van der Waals surface area contributed by atoms with E-state index in [-0.39, 0.29) is 0 Å². The number of carbonyl (C=O) groups is 2. The molecule has 0 atom stereocenters. The van der Waals surface area contributed by atoms with Crippen molar-refractivity contribution in [2.75, 3.05) is 6.26 Å². The van der Waals surface area contributed by atoms with Crippen LogP contribution in [0.3, 0.4) is 0 Å². The Morgan fingerprint density at radius 1 is 1.19 bits per heavy atom. The molecule has 16 heavy (non-hydrogen) atoms. The maximum atomic E-state index is 11.5. The molecule has 0 fully saturated rings. The molecule has 0 spiro atoms. The number of ketones is 1. The maximum Gasteiger partial charge on any atom is 0.264 e. The highest BCUT2D eigenvalue weighted by Crippen LogP contribution is 2.03. The lowest BCUT2D eigenvalue weighted by Crippen LogP contribution is -2.24. The first-order valence-corrected chi connectivity index (χ1v) is 6.27. The average molecular weight is 240 g/mol. The topological polar surface area (TPSA) is 82.4 Å². The smallest absolute Gasteiger partial charge is 0.264 e. The molecular weight excluding hydrogens is 230 g/mol. The highest BCUT2D eigenvalue weighted by atomic mass is 32.2. The number of hydrogen-bond acceptors (Lipinski definition) is 4. The zero-order valence-corrected chi connectivity index (χ0v) is 9.40. The summed E-state index contributed by atoms with van der Waals surface area (Å²) in [6, 6.07) is 8.16. The molecule has 1 aromatic carbocycles. The van der Waals surface area contributed by atoms with Crippen LogP contribution < -0.4 is 4.72 Å². The first-order valence-electron chi connectivity index (χ1n) is 4.42. The van der Waals surface area contributed by atoms with Crippen LogP contribution >= 0.6 is 0 Å². The normalized spacial score (nSPS) is 10.8. The first-order chi connectivity index (χ1) is 7.38. The molecule has 0 N–H and O–H groups in total. The summed E-state index contributed by atoms with van der Waals surface area (Å²) in [5, 5.41) is 0. The average Bonchev–Trinajstić information content (AvgIpc) is 2.16. The van der Waals surface area contributed by atoms with E-state index in [0.717, 1.165) is 6.26 Å². The van der Waals surface area contributed by atoms with Crippen molar-refractivity contribution in [3.8, 4) is 0 Å². The lowest BCUT2D eigenvalue weighted by atomic mass is 10.1. The van der Waals surface area contributed by atoms with Crippen molar-refractivity contribution < 1.29 is 18.0 Å². The van der Waals surface area contributed by atoms with Gasteiger partial charge in [-0.2, -0.15) is 0 Å². The molecule has 0 aliphatic heterocycles. The Balaban J connectivity index is 2.63. The molecule has 1 radical (unpaired) electrons. The Morgan fingerprint density at radius 2 is 1.75 bits per heavy atom. The summed E-state index contributed by atoms with van der Waals surface area (Å²) < 4.78 is 24.2. The van der Waals surface area contributed by atoms with Gasteiger partial charge in [0.05, 0.1) is 12.7 Å². The standard InChI is InChI=1S/C10H10NO4S/c1-16(14,15)11-10(13)7-9(12)8-5-3-2-4-6-8/h2-6H,7H2,1H3. The molecule has 0 aromatic heterocycles. The number of nitrogens with zero attached hydrogens (tertiary/aromatic N) is 1. The number of carbonyl (C=O) groups excluding carboxylic acids is 2. The summed E-state index contributed by atoms with van der Waals surface area (Å²) in [7, 11) is -3.73. The maximum absolute atomic E-state index is 11.5. The van der Waals surface area contributed by atoms with Crippen LogP contribution in [0, 0.1) is 0 Å². The van der Waals surface area contributed by atoms with Crippen molar-refractivity contribution in [3.05, 3.63) is 35.9 Å². The van der Waals surface area contributed by atoms with E-state index in [1.807, 2.05) is 0 Å². The van der Waals surface area contributed by atoms with Gasteiger partial charge in [-0.25, -0.2) is 8.42 Å². The lowest BCUT2D eigenvalue weighted by Gasteiger charge is -1.99. The van der Waals surface area contributed by atoms with Crippen molar-refractivity contribution >= 4 is 21.7 Å². The van der Waals surface area contributed by atoms with Crippen LogP contribution in [0.15, 0.2) is 30.3 Å². The van der Waals surface area contributed by atoms with Crippen molar-refractivity contribution in [1.82, 2.24) is 4.72 Å². The fraction of sp³-hybridized carbons (Fsp3) is 0.200. The summed E-state index contributed by atoms with van der Waals surface area (Å²) in [6.45, 7) is 0. The van der Waals surface area contributed by atoms with Gasteiger partial charge in [0.25, 0.3) is 15.9 Å². The molecule has 5 nitrogen and oxygen atoms in total. The van der Waals surface area contributed by atoms with Gasteiger partial charge in [0, 0.05) is 5.56 Å². The van der Waals surface area contributed by atoms with Gasteiger partial charge in [0.2, 0.25) is 0 Å². The Hall–Kier alpha value is -1.69. The van der Waals surface area contributed by atoms with Crippen LogP contribution in [0.2, 0.25) is 0 Å². The largest absolute Gasteiger partial charge is 0.294 e. The number of hydrogen-bond donors (Lipinski definition) is 0. The molecule has 1 amide bonds. The van der Waals surface area contributed by atoms with Gasteiger partial charge in [-0.05, 0) is 0 Å². The van der Waals surface area contributed by atoms with E-state index in [4.69, 9.17) is 0 Å². The van der Waals surface area contributed by atoms with Crippen molar-refractivity contribution in [3.63, 3.8) is 0 Å². The van der Waals surface area contributed by atoms with Crippen LogP contribution in [-0.4, -0.2) is 26.4 Å². The van der Waals surface area contributed by atoms with E-state index in [9.17, 15) is 18.0 Å². The molecule has 0 unspecified atom stereocenters. The molecule has 1 aromatic rings. The van der Waals surface area contributed by atoms with Gasteiger partial charge >= 0.3 is 0 Å². The van der Waals surface area contributed by atoms with E-state index in [1.54, 1.807) is 30.3 Å². The van der Waals surface area contributed by atoms with Gasteiger partial charge in [0.1, 0.15) is 0 Å². The van der Waals surface area contributed by atoms with Gasteiger partial charge in [0.15, 0.2) is 5.78 Å². The van der Waals surface area contributed by atoms with Crippen molar-refractivity contribution in [1.29, 1.82) is 0 Å². The lowest BCUT2D eigenvalue weighted by molar-refractivity contribution is -0.118. The first kappa shape index (κ1) is 12.4. The van der Waals surface area contributed by atoms with E-state index in [1.165, 1.54) is 0 Å². The van der Waals surface area contributed by atoms with Crippen LogP contribution in [0.1, 0.15) is 16.8 Å². The molecule has 85 valence electrons. The Morgan fingerprint density at radius 3 is 2.25 bits per heavy atom. The molecule has 0 saturated heterocycles. The minimum atomic E-state index is -3.73. The highest BCUT2D eigenvalue weighted by Gasteiger charge is 2.16. The number of benzene rings is 1. The third-order valence-electron chi connectivity index (χ3n) is 1.68. The predicted octanol–water partition coefficient (Wildman–Crippen LogP) is 0.350. The second-order valence-electron chi connectivity index (χ2n) is 3.18. The molecule has 0 aliphatic rings. The molecule has 0 bridgehead atoms. The Bertz CT molecular complexity index is 493. The zero-order valence-electron chi connectivity index (χ0n) is 8.58. The Labute approximate surface area is 93.5 Å². The monoisotopic (exact) mass is 240 g/mol.